The van der Waals surface area contributed by atoms with Gasteiger partial charge in [-0.25, -0.2) is 0 Å². The van der Waals surface area contributed by atoms with Gasteiger partial charge in [0.05, 0.1) is 12.1 Å². The van der Waals surface area contributed by atoms with E-state index in [0.717, 1.165) is 26.1 Å². The van der Waals surface area contributed by atoms with Gasteiger partial charge in [-0.3, -0.25) is 9.59 Å². The summed E-state index contributed by atoms with van der Waals surface area (Å²) in [6, 6.07) is 8.83. The van der Waals surface area contributed by atoms with Crippen LogP contribution in [0.4, 0.5) is 0 Å². The smallest absolute Gasteiger partial charge is 0.253 e. The lowest BCUT2D eigenvalue weighted by molar-refractivity contribution is -0.123. The number of nitrogens with zero attached hydrogens (tertiary/aromatic N) is 2. The highest BCUT2D eigenvalue weighted by Crippen LogP contribution is 2.15. The van der Waals surface area contributed by atoms with E-state index in [1.807, 2.05) is 18.2 Å². The van der Waals surface area contributed by atoms with Gasteiger partial charge in [0.15, 0.2) is 0 Å². The molecule has 0 radical (unpaired) electrons. The van der Waals surface area contributed by atoms with E-state index < -0.39 is 6.10 Å². The number of aliphatic hydroxyl groups excluding tert-OH is 1. The van der Waals surface area contributed by atoms with Crippen LogP contribution in [0.1, 0.15) is 42.5 Å². The topological polar surface area (TPSA) is 72.9 Å². The van der Waals surface area contributed by atoms with Crippen LogP contribution in [0.15, 0.2) is 30.3 Å². The number of carbonyl (C=O) groups excluding carboxylic acids is 2. The molecule has 2 amide bonds. The Bertz CT molecular complexity index is 602. The van der Waals surface area contributed by atoms with Crippen molar-refractivity contribution in [2.24, 2.45) is 0 Å². The minimum absolute atomic E-state index is 0.00363. The molecular weight excluding hydrogens is 330 g/mol. The van der Waals surface area contributed by atoms with Crippen LogP contribution in [-0.4, -0.2) is 71.6 Å². The van der Waals surface area contributed by atoms with E-state index in [9.17, 15) is 14.7 Å². The molecule has 2 saturated heterocycles. The van der Waals surface area contributed by atoms with Crippen LogP contribution in [0.5, 0.6) is 0 Å². The Labute approximate surface area is 155 Å². The minimum Gasteiger partial charge on any atom is -0.389 e. The number of nitrogens with one attached hydrogen (secondary N) is 1. The van der Waals surface area contributed by atoms with E-state index >= 15 is 0 Å². The second-order valence-electron chi connectivity index (χ2n) is 7.30. The molecule has 2 heterocycles. The van der Waals surface area contributed by atoms with Gasteiger partial charge in [-0.15, -0.1) is 0 Å². The maximum absolute atomic E-state index is 12.5. The molecule has 0 saturated carbocycles. The average Bonchev–Trinajstić information content (AvgIpc) is 3.17. The van der Waals surface area contributed by atoms with Crippen molar-refractivity contribution in [2.75, 3.05) is 32.7 Å². The summed E-state index contributed by atoms with van der Waals surface area (Å²) >= 11 is 0. The molecule has 6 nitrogen and oxygen atoms in total. The van der Waals surface area contributed by atoms with Gasteiger partial charge >= 0.3 is 0 Å². The summed E-state index contributed by atoms with van der Waals surface area (Å²) in [5.74, 6) is -0.0730. The molecule has 2 fully saturated rings. The van der Waals surface area contributed by atoms with Gasteiger partial charge in [0.25, 0.3) is 5.91 Å². The van der Waals surface area contributed by atoms with E-state index in [-0.39, 0.29) is 24.4 Å². The van der Waals surface area contributed by atoms with Crippen LogP contribution in [0, 0.1) is 0 Å². The van der Waals surface area contributed by atoms with Gasteiger partial charge in [0.2, 0.25) is 5.91 Å². The van der Waals surface area contributed by atoms with Crippen molar-refractivity contribution in [3.05, 3.63) is 35.9 Å². The third-order valence-electron chi connectivity index (χ3n) is 5.31. The maximum Gasteiger partial charge on any atom is 0.253 e. The number of likely N-dealkylation sites (tertiary alicyclic amines) is 2. The van der Waals surface area contributed by atoms with Gasteiger partial charge in [0, 0.05) is 25.1 Å². The fourth-order valence-electron chi connectivity index (χ4n) is 3.80. The van der Waals surface area contributed by atoms with E-state index in [0.29, 0.717) is 24.9 Å². The number of piperidine rings is 1. The highest BCUT2D eigenvalue weighted by atomic mass is 16.3. The summed E-state index contributed by atoms with van der Waals surface area (Å²) in [5, 5.41) is 13.3. The highest BCUT2D eigenvalue weighted by molar-refractivity contribution is 5.94. The largest absolute Gasteiger partial charge is 0.389 e. The lowest BCUT2D eigenvalue weighted by Crippen LogP contribution is -2.55. The third-order valence-corrected chi connectivity index (χ3v) is 5.31. The monoisotopic (exact) mass is 359 g/mol. The molecule has 3 rings (SSSR count). The van der Waals surface area contributed by atoms with Crippen molar-refractivity contribution in [3.63, 3.8) is 0 Å². The average molecular weight is 359 g/mol. The third kappa shape index (κ3) is 5.05. The molecule has 2 N–H and O–H groups in total. The first kappa shape index (κ1) is 18.9. The standard InChI is InChI=1S/C20H29N3O3/c24-18-15-23(20(26)16-7-2-1-3-8-16)14-10-17(18)21-19(25)9-6-13-22-11-4-5-12-22/h1-3,7-8,17-18,24H,4-6,9-15H2,(H,21,25)/t17-,18-/m1/s1. The Morgan fingerprint density at radius 3 is 2.54 bits per heavy atom. The van der Waals surface area contributed by atoms with E-state index in [4.69, 9.17) is 0 Å². The lowest BCUT2D eigenvalue weighted by atomic mass is 10.0. The number of benzene rings is 1. The van der Waals surface area contributed by atoms with E-state index in [1.54, 1.807) is 17.0 Å². The molecule has 0 spiro atoms. The van der Waals surface area contributed by atoms with Crippen LogP contribution in [-0.2, 0) is 4.79 Å². The van der Waals surface area contributed by atoms with Crippen LogP contribution in [0.3, 0.4) is 0 Å². The molecule has 1 aromatic rings. The molecule has 1 aromatic carbocycles. The van der Waals surface area contributed by atoms with Gasteiger partial charge in [0.1, 0.15) is 0 Å². The number of aliphatic hydroxyl groups is 1. The van der Waals surface area contributed by atoms with Gasteiger partial charge < -0.3 is 20.2 Å². The van der Waals surface area contributed by atoms with Crippen molar-refractivity contribution in [1.82, 2.24) is 15.1 Å². The number of hydrogen-bond donors (Lipinski definition) is 2. The molecule has 2 aliphatic rings. The molecule has 2 aliphatic heterocycles. The van der Waals surface area contributed by atoms with Crippen molar-refractivity contribution in [3.8, 4) is 0 Å². The van der Waals surface area contributed by atoms with Crippen LogP contribution >= 0.6 is 0 Å². The number of amides is 2. The molecule has 142 valence electrons. The molecular formula is C20H29N3O3. The molecule has 0 bridgehead atoms. The molecule has 6 heteroatoms. The molecule has 2 atom stereocenters. The highest BCUT2D eigenvalue weighted by Gasteiger charge is 2.31. The molecule has 0 aliphatic carbocycles. The van der Waals surface area contributed by atoms with Crippen molar-refractivity contribution in [2.45, 2.75) is 44.2 Å². The Kier molecular flexibility index (Phi) is 6.63. The van der Waals surface area contributed by atoms with Gasteiger partial charge in [-0.1, -0.05) is 18.2 Å². The second-order valence-corrected chi connectivity index (χ2v) is 7.30. The Morgan fingerprint density at radius 1 is 1.12 bits per heavy atom. The summed E-state index contributed by atoms with van der Waals surface area (Å²) in [5.41, 5.74) is 0.629. The summed E-state index contributed by atoms with van der Waals surface area (Å²) in [7, 11) is 0. The lowest BCUT2D eigenvalue weighted by Gasteiger charge is -2.36. The first-order valence-corrected chi connectivity index (χ1v) is 9.67. The predicted molar refractivity (Wildman–Crippen MR) is 99.8 cm³/mol. The molecule has 0 unspecified atom stereocenters. The van der Waals surface area contributed by atoms with Crippen LogP contribution in [0.25, 0.3) is 0 Å². The zero-order chi connectivity index (χ0) is 18.4. The summed E-state index contributed by atoms with van der Waals surface area (Å²) in [6.07, 6.45) is 3.73. The quantitative estimate of drug-likeness (QED) is 0.802. The summed E-state index contributed by atoms with van der Waals surface area (Å²) in [4.78, 5) is 28.7. The van der Waals surface area contributed by atoms with Crippen molar-refractivity contribution < 1.29 is 14.7 Å². The normalized spacial score (nSPS) is 23.8. The Hall–Kier alpha value is -1.92. The Morgan fingerprint density at radius 2 is 1.85 bits per heavy atom. The predicted octanol–water partition coefficient (Wildman–Crippen LogP) is 1.25. The maximum atomic E-state index is 12.5. The zero-order valence-electron chi connectivity index (χ0n) is 15.3. The summed E-state index contributed by atoms with van der Waals surface area (Å²) < 4.78 is 0. The van der Waals surface area contributed by atoms with E-state index in [1.165, 1.54) is 12.8 Å². The van der Waals surface area contributed by atoms with Gasteiger partial charge in [-0.2, -0.15) is 0 Å². The first-order valence-electron chi connectivity index (χ1n) is 9.67. The van der Waals surface area contributed by atoms with Gasteiger partial charge in [-0.05, 0) is 57.5 Å². The second kappa shape index (κ2) is 9.14. The van der Waals surface area contributed by atoms with Crippen LogP contribution < -0.4 is 5.32 Å². The van der Waals surface area contributed by atoms with Crippen molar-refractivity contribution in [1.29, 1.82) is 0 Å². The minimum atomic E-state index is -0.723. The Balaban J connectivity index is 1.40. The molecule has 26 heavy (non-hydrogen) atoms. The fourth-order valence-corrected chi connectivity index (χ4v) is 3.80. The molecule has 0 aromatic heterocycles. The summed E-state index contributed by atoms with van der Waals surface area (Å²) in [6.45, 7) is 4.07. The zero-order valence-corrected chi connectivity index (χ0v) is 15.3. The first-order chi connectivity index (χ1) is 12.6. The SMILES string of the molecule is O=C(CCCN1CCCC1)N[C@@H]1CCN(C(=O)c2ccccc2)C[C@H]1O. The van der Waals surface area contributed by atoms with Crippen molar-refractivity contribution >= 4 is 11.8 Å². The number of carbonyl (C=O) groups is 2. The number of hydrogen-bond acceptors (Lipinski definition) is 4. The van der Waals surface area contributed by atoms with Crippen LogP contribution in [0.2, 0.25) is 0 Å². The fraction of sp³-hybridized carbons (Fsp3) is 0.600. The number of β-amino-alcohol motifs (C(OH)–C–C–N with tert-alkyl or cyclic N) is 1. The van der Waals surface area contributed by atoms with E-state index in [2.05, 4.69) is 10.2 Å². The number of rotatable bonds is 6.